The average molecular weight is 376 g/mol. The Labute approximate surface area is 152 Å². The lowest BCUT2D eigenvalue weighted by molar-refractivity contribution is 0.134. The fourth-order valence-electron chi connectivity index (χ4n) is 3.53. The number of piperidine rings is 1. The van der Waals surface area contributed by atoms with Crippen molar-refractivity contribution < 1.29 is 13.2 Å². The molecule has 0 aliphatic carbocycles. The van der Waals surface area contributed by atoms with Crippen LogP contribution in [-0.4, -0.2) is 111 Å². The quantitative estimate of drug-likeness (QED) is 0.671. The molecule has 0 aromatic carbocycles. The number of likely N-dealkylation sites (tertiary alicyclic amines) is 1. The third-order valence-corrected chi connectivity index (χ3v) is 7.00. The molecule has 9 heteroatoms. The van der Waals surface area contributed by atoms with E-state index in [1.807, 2.05) is 4.90 Å². The number of hydrogen-bond donors (Lipinski definition) is 0. The van der Waals surface area contributed by atoms with Gasteiger partial charge in [0.05, 0.1) is 0 Å². The molecule has 2 fully saturated rings. The summed E-state index contributed by atoms with van der Waals surface area (Å²) < 4.78 is 27.4. The lowest BCUT2D eigenvalue weighted by Gasteiger charge is -2.34. The zero-order valence-electron chi connectivity index (χ0n) is 16.0. The predicted molar refractivity (Wildman–Crippen MR) is 98.7 cm³/mol. The van der Waals surface area contributed by atoms with Crippen LogP contribution >= 0.6 is 0 Å². The van der Waals surface area contributed by atoms with E-state index in [0.29, 0.717) is 26.1 Å². The maximum Gasteiger partial charge on any atom is 0.319 e. The van der Waals surface area contributed by atoms with Crippen molar-refractivity contribution >= 4 is 16.2 Å². The zero-order valence-corrected chi connectivity index (χ0v) is 16.8. The van der Waals surface area contributed by atoms with E-state index in [9.17, 15) is 13.2 Å². The number of urea groups is 1. The summed E-state index contributed by atoms with van der Waals surface area (Å²) in [6.45, 7) is 4.53. The first kappa shape index (κ1) is 20.4. The van der Waals surface area contributed by atoms with E-state index >= 15 is 0 Å². The fourth-order valence-corrected chi connectivity index (χ4v) is 4.69. The van der Waals surface area contributed by atoms with Crippen molar-refractivity contribution in [1.29, 1.82) is 0 Å². The highest BCUT2D eigenvalue weighted by Gasteiger charge is 2.37. The molecule has 25 heavy (non-hydrogen) atoms. The molecule has 2 heterocycles. The summed E-state index contributed by atoms with van der Waals surface area (Å²) in [4.78, 5) is 18.5. The van der Waals surface area contributed by atoms with Crippen LogP contribution in [0.5, 0.6) is 0 Å². The van der Waals surface area contributed by atoms with Crippen LogP contribution in [0.3, 0.4) is 0 Å². The maximum absolute atomic E-state index is 12.6. The fraction of sp³-hybridized carbons (Fsp3) is 0.938. The molecule has 1 atom stereocenters. The van der Waals surface area contributed by atoms with E-state index in [4.69, 9.17) is 0 Å². The Morgan fingerprint density at radius 1 is 1.04 bits per heavy atom. The van der Waals surface area contributed by atoms with Crippen molar-refractivity contribution in [3.05, 3.63) is 0 Å². The second-order valence-corrected chi connectivity index (χ2v) is 9.51. The van der Waals surface area contributed by atoms with Gasteiger partial charge < -0.3 is 14.7 Å². The highest BCUT2D eigenvalue weighted by Crippen LogP contribution is 2.21. The molecule has 0 saturated carbocycles. The highest BCUT2D eigenvalue weighted by atomic mass is 32.2. The SMILES string of the molecule is CN(C)C(=O)N(CCN1CCCCC1)C1CCN(S(=O)(=O)N(C)C)C1. The number of carbonyl (C=O) groups excluding carboxylic acids is 1. The van der Waals surface area contributed by atoms with Crippen LogP contribution < -0.4 is 0 Å². The molecule has 0 aromatic rings. The highest BCUT2D eigenvalue weighted by molar-refractivity contribution is 7.86. The Morgan fingerprint density at radius 2 is 1.68 bits per heavy atom. The van der Waals surface area contributed by atoms with Gasteiger partial charge in [0.25, 0.3) is 10.2 Å². The van der Waals surface area contributed by atoms with Crippen LogP contribution in [0.15, 0.2) is 0 Å². The van der Waals surface area contributed by atoms with Crippen molar-refractivity contribution in [3.63, 3.8) is 0 Å². The van der Waals surface area contributed by atoms with Gasteiger partial charge in [-0.1, -0.05) is 6.42 Å². The minimum Gasteiger partial charge on any atom is -0.331 e. The van der Waals surface area contributed by atoms with Crippen LogP contribution in [0.1, 0.15) is 25.7 Å². The van der Waals surface area contributed by atoms with Gasteiger partial charge in [-0.25, -0.2) is 4.79 Å². The molecule has 2 aliphatic rings. The van der Waals surface area contributed by atoms with Crippen molar-refractivity contribution in [1.82, 2.24) is 23.3 Å². The molecule has 2 amide bonds. The number of carbonyl (C=O) groups is 1. The van der Waals surface area contributed by atoms with Gasteiger partial charge >= 0.3 is 6.03 Å². The zero-order chi connectivity index (χ0) is 18.6. The molecule has 2 rings (SSSR count). The predicted octanol–water partition coefficient (Wildman–Crippen LogP) is 0.337. The van der Waals surface area contributed by atoms with Gasteiger partial charge in [-0.15, -0.1) is 0 Å². The molecule has 0 bridgehead atoms. The molecule has 0 radical (unpaired) electrons. The third kappa shape index (κ3) is 5.06. The minimum atomic E-state index is -3.42. The topological polar surface area (TPSA) is 67.4 Å². The largest absolute Gasteiger partial charge is 0.331 e. The summed E-state index contributed by atoms with van der Waals surface area (Å²) in [5.41, 5.74) is 0. The van der Waals surface area contributed by atoms with Gasteiger partial charge in [0, 0.05) is 60.4 Å². The second-order valence-electron chi connectivity index (χ2n) is 7.36. The van der Waals surface area contributed by atoms with Crippen LogP contribution in [0.4, 0.5) is 4.79 Å². The van der Waals surface area contributed by atoms with Crippen molar-refractivity contribution in [2.75, 3.05) is 67.5 Å². The smallest absolute Gasteiger partial charge is 0.319 e. The van der Waals surface area contributed by atoms with E-state index in [-0.39, 0.29) is 12.1 Å². The molecule has 2 aliphatic heterocycles. The summed E-state index contributed by atoms with van der Waals surface area (Å²) in [6.07, 6.45) is 4.42. The molecule has 146 valence electrons. The van der Waals surface area contributed by atoms with Gasteiger partial charge in [-0.05, 0) is 32.4 Å². The van der Waals surface area contributed by atoms with Crippen LogP contribution in [0, 0.1) is 0 Å². The third-order valence-electron chi connectivity index (χ3n) is 5.09. The second kappa shape index (κ2) is 8.66. The molecule has 1 unspecified atom stereocenters. The van der Waals surface area contributed by atoms with Crippen molar-refractivity contribution in [3.8, 4) is 0 Å². The lowest BCUT2D eigenvalue weighted by Crippen LogP contribution is -2.50. The number of nitrogens with zero attached hydrogens (tertiary/aromatic N) is 5. The normalized spacial score (nSPS) is 23.2. The van der Waals surface area contributed by atoms with Gasteiger partial charge in [-0.2, -0.15) is 17.0 Å². The average Bonchev–Trinajstić information content (AvgIpc) is 3.06. The first-order valence-electron chi connectivity index (χ1n) is 9.11. The molecule has 0 aromatic heterocycles. The minimum absolute atomic E-state index is 0.0360. The van der Waals surface area contributed by atoms with E-state index < -0.39 is 10.2 Å². The van der Waals surface area contributed by atoms with Crippen LogP contribution in [-0.2, 0) is 10.2 Å². The Hall–Kier alpha value is -0.900. The molecule has 0 spiro atoms. The van der Waals surface area contributed by atoms with E-state index in [1.54, 1.807) is 33.1 Å². The number of amides is 2. The summed E-state index contributed by atoms with van der Waals surface area (Å²) in [5.74, 6) is 0. The number of rotatable bonds is 6. The summed E-state index contributed by atoms with van der Waals surface area (Å²) in [7, 11) is 3.17. The molecule has 8 nitrogen and oxygen atoms in total. The Bertz CT molecular complexity index is 546. The summed E-state index contributed by atoms with van der Waals surface area (Å²) in [6, 6.07) is -0.0967. The molecular weight excluding hydrogens is 342 g/mol. The Morgan fingerprint density at radius 3 is 2.24 bits per heavy atom. The summed E-state index contributed by atoms with van der Waals surface area (Å²) in [5, 5.41) is 0. The van der Waals surface area contributed by atoms with Gasteiger partial charge in [0.15, 0.2) is 0 Å². The monoisotopic (exact) mass is 375 g/mol. The standard InChI is InChI=1S/C16H33N5O3S/c1-17(2)16(22)21(13-12-19-9-6-5-7-10-19)15-8-11-20(14-15)25(23,24)18(3)4/h15H,5-14H2,1-4H3. The Kier molecular flexibility index (Phi) is 7.07. The van der Waals surface area contributed by atoms with E-state index in [2.05, 4.69) is 4.90 Å². The van der Waals surface area contributed by atoms with Gasteiger partial charge in [0.2, 0.25) is 0 Å². The van der Waals surface area contributed by atoms with Gasteiger partial charge in [0.1, 0.15) is 0 Å². The number of hydrogen-bond acceptors (Lipinski definition) is 4. The van der Waals surface area contributed by atoms with E-state index in [1.165, 1.54) is 27.9 Å². The lowest BCUT2D eigenvalue weighted by atomic mass is 10.1. The van der Waals surface area contributed by atoms with E-state index in [0.717, 1.165) is 19.6 Å². The van der Waals surface area contributed by atoms with Crippen LogP contribution in [0.25, 0.3) is 0 Å². The maximum atomic E-state index is 12.6. The summed E-state index contributed by atoms with van der Waals surface area (Å²) >= 11 is 0. The molecule has 0 N–H and O–H groups in total. The van der Waals surface area contributed by atoms with Crippen molar-refractivity contribution in [2.24, 2.45) is 0 Å². The Balaban J connectivity index is 2.02. The first-order valence-corrected chi connectivity index (χ1v) is 10.5. The molecular formula is C16H33N5O3S. The first-order chi connectivity index (χ1) is 11.7. The molecule has 2 saturated heterocycles. The van der Waals surface area contributed by atoms with Gasteiger partial charge in [-0.3, -0.25) is 0 Å². The van der Waals surface area contributed by atoms with Crippen LogP contribution in [0.2, 0.25) is 0 Å². The van der Waals surface area contributed by atoms with Crippen molar-refractivity contribution in [2.45, 2.75) is 31.7 Å².